The van der Waals surface area contributed by atoms with E-state index in [0.717, 1.165) is 5.56 Å². The van der Waals surface area contributed by atoms with Crippen LogP contribution in [0.15, 0.2) is 53.4 Å². The van der Waals surface area contributed by atoms with E-state index >= 15 is 0 Å². The molecule has 0 spiro atoms. The van der Waals surface area contributed by atoms with Gasteiger partial charge < -0.3 is 10.2 Å². The van der Waals surface area contributed by atoms with Crippen LogP contribution in [-0.2, 0) is 10.0 Å². The van der Waals surface area contributed by atoms with Crippen LogP contribution in [-0.4, -0.2) is 26.4 Å². The topological polar surface area (TPSA) is 92.5 Å². The predicted molar refractivity (Wildman–Crippen MR) is 89.4 cm³/mol. The highest BCUT2D eigenvalue weighted by atomic mass is 32.2. The van der Waals surface area contributed by atoms with Crippen LogP contribution in [0.2, 0.25) is 0 Å². The van der Waals surface area contributed by atoms with E-state index in [1.54, 1.807) is 19.2 Å². The molecule has 2 rings (SSSR count). The maximum Gasteiger partial charge on any atom is 0.322 e. The Morgan fingerprint density at radius 2 is 1.67 bits per heavy atom. The number of anilines is 1. The summed E-state index contributed by atoms with van der Waals surface area (Å²) in [5.74, 6) is -0.340. The molecule has 0 heterocycles. The van der Waals surface area contributed by atoms with Gasteiger partial charge >= 0.3 is 6.03 Å². The Kier molecular flexibility index (Phi) is 5.20. The maximum atomic E-state index is 13.0. The van der Waals surface area contributed by atoms with E-state index in [0.29, 0.717) is 5.69 Å². The standard InChI is InChI=1S/C16H18FN3O3S/c1-11(12-3-5-13(17)6-4-12)20(2)16(21)19-14-7-9-15(10-8-14)24(18,22)23/h3-11H,1-2H3,(H,19,21)(H2,18,22,23)/t11-/m0/s1. The number of urea groups is 1. The Morgan fingerprint density at radius 1 is 1.12 bits per heavy atom. The van der Waals surface area contributed by atoms with E-state index < -0.39 is 10.0 Å². The monoisotopic (exact) mass is 351 g/mol. The second-order valence-electron chi connectivity index (χ2n) is 5.34. The van der Waals surface area contributed by atoms with E-state index in [1.165, 1.54) is 41.3 Å². The summed E-state index contributed by atoms with van der Waals surface area (Å²) in [6.45, 7) is 1.82. The lowest BCUT2D eigenvalue weighted by molar-refractivity contribution is 0.208. The number of nitrogens with zero attached hydrogens (tertiary/aromatic N) is 1. The van der Waals surface area contributed by atoms with Gasteiger partial charge in [0.05, 0.1) is 10.9 Å². The van der Waals surface area contributed by atoms with Crippen molar-refractivity contribution in [1.29, 1.82) is 0 Å². The largest absolute Gasteiger partial charge is 0.322 e. The van der Waals surface area contributed by atoms with Gasteiger partial charge in [-0.15, -0.1) is 0 Å². The fourth-order valence-electron chi connectivity index (χ4n) is 2.08. The number of primary sulfonamides is 1. The number of hydrogen-bond donors (Lipinski definition) is 2. The van der Waals surface area contributed by atoms with Gasteiger partial charge in [-0.1, -0.05) is 12.1 Å². The van der Waals surface area contributed by atoms with E-state index in [1.807, 2.05) is 6.92 Å². The van der Waals surface area contributed by atoms with Crippen LogP contribution in [0.3, 0.4) is 0 Å². The Bertz CT molecular complexity index is 821. The molecule has 0 radical (unpaired) electrons. The molecule has 0 saturated carbocycles. The Balaban J connectivity index is 2.07. The number of halogens is 1. The first-order valence-corrected chi connectivity index (χ1v) is 8.65. The first-order valence-electron chi connectivity index (χ1n) is 7.10. The molecule has 6 nitrogen and oxygen atoms in total. The van der Waals surface area contributed by atoms with Gasteiger partial charge in [-0.3, -0.25) is 0 Å². The zero-order valence-electron chi connectivity index (χ0n) is 13.2. The molecule has 0 fully saturated rings. The highest BCUT2D eigenvalue weighted by molar-refractivity contribution is 7.89. The molecule has 0 bridgehead atoms. The SMILES string of the molecule is C[C@@H](c1ccc(F)cc1)N(C)C(=O)Nc1ccc(S(N)(=O)=O)cc1. The van der Waals surface area contributed by atoms with Crippen LogP contribution in [0.1, 0.15) is 18.5 Å². The minimum absolute atomic E-state index is 0.0338. The van der Waals surface area contributed by atoms with Crippen LogP contribution in [0.5, 0.6) is 0 Å². The second kappa shape index (κ2) is 6.98. The first kappa shape index (κ1) is 17.9. The summed E-state index contributed by atoms with van der Waals surface area (Å²) in [6, 6.07) is 10.8. The Morgan fingerprint density at radius 3 is 2.17 bits per heavy atom. The van der Waals surface area contributed by atoms with Crippen molar-refractivity contribution in [2.45, 2.75) is 17.9 Å². The van der Waals surface area contributed by atoms with Crippen molar-refractivity contribution >= 4 is 21.7 Å². The summed E-state index contributed by atoms with van der Waals surface area (Å²) in [4.78, 5) is 13.7. The lowest BCUT2D eigenvalue weighted by Crippen LogP contribution is -2.33. The van der Waals surface area contributed by atoms with Gasteiger partial charge in [0.25, 0.3) is 0 Å². The quantitative estimate of drug-likeness (QED) is 0.887. The molecular weight excluding hydrogens is 333 g/mol. The van der Waals surface area contributed by atoms with E-state index in [-0.39, 0.29) is 22.8 Å². The number of rotatable bonds is 4. The van der Waals surface area contributed by atoms with Crippen molar-refractivity contribution in [3.63, 3.8) is 0 Å². The van der Waals surface area contributed by atoms with Crippen molar-refractivity contribution in [2.75, 3.05) is 12.4 Å². The van der Waals surface area contributed by atoms with Crippen LogP contribution in [0.25, 0.3) is 0 Å². The number of carbonyl (C=O) groups excluding carboxylic acids is 1. The van der Waals surface area contributed by atoms with Crippen molar-refractivity contribution in [2.24, 2.45) is 5.14 Å². The third kappa shape index (κ3) is 4.30. The Labute approximate surface area is 140 Å². The van der Waals surface area contributed by atoms with Gasteiger partial charge in [-0.05, 0) is 48.9 Å². The van der Waals surface area contributed by atoms with Gasteiger partial charge in [-0.25, -0.2) is 22.7 Å². The van der Waals surface area contributed by atoms with Gasteiger partial charge in [-0.2, -0.15) is 0 Å². The molecule has 24 heavy (non-hydrogen) atoms. The molecule has 2 amide bonds. The van der Waals surface area contributed by atoms with Gasteiger partial charge in [0.15, 0.2) is 0 Å². The fourth-order valence-corrected chi connectivity index (χ4v) is 2.60. The average molecular weight is 351 g/mol. The fraction of sp³-hybridized carbons (Fsp3) is 0.188. The minimum atomic E-state index is -3.77. The molecule has 0 aliphatic heterocycles. The molecule has 8 heteroatoms. The van der Waals surface area contributed by atoms with Gasteiger partial charge in [0, 0.05) is 12.7 Å². The molecular formula is C16H18FN3O3S. The maximum absolute atomic E-state index is 13.0. The van der Waals surface area contributed by atoms with Crippen molar-refractivity contribution < 1.29 is 17.6 Å². The van der Waals surface area contributed by atoms with Crippen molar-refractivity contribution in [3.8, 4) is 0 Å². The summed E-state index contributed by atoms with van der Waals surface area (Å²) in [6.07, 6.45) is 0. The first-order chi connectivity index (χ1) is 11.2. The van der Waals surface area contributed by atoms with Crippen molar-refractivity contribution in [1.82, 2.24) is 4.90 Å². The summed E-state index contributed by atoms with van der Waals surface area (Å²) < 4.78 is 35.4. The highest BCUT2D eigenvalue weighted by Crippen LogP contribution is 2.20. The van der Waals surface area contributed by atoms with Crippen LogP contribution >= 0.6 is 0 Å². The van der Waals surface area contributed by atoms with E-state index in [9.17, 15) is 17.6 Å². The number of hydrogen-bond acceptors (Lipinski definition) is 3. The molecule has 2 aromatic rings. The average Bonchev–Trinajstić information content (AvgIpc) is 2.54. The van der Waals surface area contributed by atoms with E-state index in [2.05, 4.69) is 5.32 Å². The number of carbonyl (C=O) groups is 1. The summed E-state index contributed by atoms with van der Waals surface area (Å²) in [5.41, 5.74) is 1.23. The minimum Gasteiger partial charge on any atom is -0.321 e. The van der Waals surface area contributed by atoms with Crippen molar-refractivity contribution in [3.05, 3.63) is 59.9 Å². The summed E-state index contributed by atoms with van der Waals surface area (Å²) in [7, 11) is -2.16. The molecule has 2 aromatic carbocycles. The molecule has 0 unspecified atom stereocenters. The summed E-state index contributed by atoms with van der Waals surface area (Å²) >= 11 is 0. The third-order valence-corrected chi connectivity index (χ3v) is 4.62. The van der Waals surface area contributed by atoms with E-state index in [4.69, 9.17) is 5.14 Å². The number of nitrogens with two attached hydrogens (primary N) is 1. The molecule has 128 valence electrons. The van der Waals surface area contributed by atoms with Crippen LogP contribution in [0, 0.1) is 5.82 Å². The highest BCUT2D eigenvalue weighted by Gasteiger charge is 2.17. The van der Waals surface area contributed by atoms with Gasteiger partial charge in [0.2, 0.25) is 10.0 Å². The number of amides is 2. The van der Waals surface area contributed by atoms with Crippen LogP contribution in [0.4, 0.5) is 14.9 Å². The molecule has 3 N–H and O–H groups in total. The second-order valence-corrected chi connectivity index (χ2v) is 6.90. The van der Waals surface area contributed by atoms with Gasteiger partial charge in [0.1, 0.15) is 5.82 Å². The number of benzene rings is 2. The number of sulfonamides is 1. The smallest absolute Gasteiger partial charge is 0.321 e. The predicted octanol–water partition coefficient (Wildman–Crippen LogP) is 2.70. The molecule has 0 aliphatic carbocycles. The number of nitrogens with one attached hydrogen (secondary N) is 1. The zero-order chi connectivity index (χ0) is 17.9. The molecule has 1 atom stereocenters. The lowest BCUT2D eigenvalue weighted by Gasteiger charge is -2.25. The van der Waals surface area contributed by atoms with Crippen LogP contribution < -0.4 is 10.5 Å². The Hall–Kier alpha value is -2.45. The molecule has 0 saturated heterocycles. The normalized spacial score (nSPS) is 12.5. The summed E-state index contributed by atoms with van der Waals surface area (Å²) in [5, 5.41) is 7.68. The third-order valence-electron chi connectivity index (χ3n) is 3.69. The molecule has 0 aromatic heterocycles. The lowest BCUT2D eigenvalue weighted by atomic mass is 10.1. The molecule has 0 aliphatic rings. The zero-order valence-corrected chi connectivity index (χ0v) is 14.0.